The fourth-order valence-electron chi connectivity index (χ4n) is 4.89. The first-order valence-corrected chi connectivity index (χ1v) is 13.3. The van der Waals surface area contributed by atoms with Gasteiger partial charge in [-0.15, -0.1) is 0 Å². The van der Waals surface area contributed by atoms with Crippen LogP contribution >= 0.6 is 0 Å². The Morgan fingerprint density at radius 3 is 1.88 bits per heavy atom. The molecule has 3 aromatic carbocycles. The Balaban J connectivity index is 1.31. The van der Waals surface area contributed by atoms with Crippen LogP contribution in [0.2, 0.25) is 0 Å². The number of benzene rings is 3. The fourth-order valence-corrected chi connectivity index (χ4v) is 4.89. The number of fused-ring (bicyclic) bond motifs is 1. The molecule has 0 unspecified atom stereocenters. The highest BCUT2D eigenvalue weighted by molar-refractivity contribution is 5.70. The monoisotopic (exact) mass is 558 g/mol. The summed E-state index contributed by atoms with van der Waals surface area (Å²) in [5, 5.41) is 0. The van der Waals surface area contributed by atoms with Gasteiger partial charge in [0.1, 0.15) is 18.3 Å². The van der Waals surface area contributed by atoms with Crippen LogP contribution in [0, 0.1) is 12.0 Å². The van der Waals surface area contributed by atoms with E-state index in [2.05, 4.69) is 15.0 Å². The molecular formula is C31H28F2N4O4. The van der Waals surface area contributed by atoms with Gasteiger partial charge in [-0.05, 0) is 16.7 Å². The largest absolute Gasteiger partial charge is 0.374 e. The van der Waals surface area contributed by atoms with Crippen LogP contribution < -0.4 is 0 Å². The quantitative estimate of drug-likeness (QED) is 0.159. The lowest BCUT2D eigenvalue weighted by Crippen LogP contribution is -2.38. The van der Waals surface area contributed by atoms with E-state index in [1.807, 2.05) is 91.0 Å². The minimum absolute atomic E-state index is 0.0408. The van der Waals surface area contributed by atoms with Crippen molar-refractivity contribution in [1.29, 1.82) is 0 Å². The van der Waals surface area contributed by atoms with E-state index in [4.69, 9.17) is 18.9 Å². The van der Waals surface area contributed by atoms with Crippen LogP contribution in [0.25, 0.3) is 11.2 Å². The van der Waals surface area contributed by atoms with Gasteiger partial charge in [-0.2, -0.15) is 18.7 Å². The van der Waals surface area contributed by atoms with Gasteiger partial charge in [0, 0.05) is 0 Å². The van der Waals surface area contributed by atoms with Crippen LogP contribution in [0.1, 0.15) is 22.9 Å². The smallest absolute Gasteiger partial charge is 0.313 e. The standard InChI is InChI=1S/C31H28F2N4O4/c32-28-25-29(36-31(33)35-28)37(20-34-25)30-27(40-18-23-14-8-3-9-15-23)26(39-17-22-12-6-2-7-13-22)24(41-30)19-38-16-21-10-4-1-5-11-21/h1-15,20,24,26-27,30H,16-19H2/t24-,26-,27+,30-/m1/s1. The van der Waals surface area contributed by atoms with Crippen molar-refractivity contribution in [2.24, 2.45) is 0 Å². The molecule has 5 aromatic rings. The van der Waals surface area contributed by atoms with Crippen molar-refractivity contribution >= 4 is 11.2 Å². The topological polar surface area (TPSA) is 80.5 Å². The number of nitrogens with zero attached hydrogens (tertiary/aromatic N) is 4. The molecule has 6 rings (SSSR count). The summed E-state index contributed by atoms with van der Waals surface area (Å²) in [5.41, 5.74) is 2.74. The minimum atomic E-state index is -1.20. The van der Waals surface area contributed by atoms with E-state index < -0.39 is 36.6 Å². The molecule has 0 N–H and O–H groups in total. The molecule has 1 saturated heterocycles. The van der Waals surface area contributed by atoms with Crippen LogP contribution in [-0.2, 0) is 38.8 Å². The van der Waals surface area contributed by atoms with E-state index in [1.54, 1.807) is 0 Å². The van der Waals surface area contributed by atoms with Crippen LogP contribution in [-0.4, -0.2) is 44.4 Å². The molecule has 0 amide bonds. The van der Waals surface area contributed by atoms with Crippen molar-refractivity contribution in [3.05, 3.63) is 126 Å². The molecule has 1 fully saturated rings. The van der Waals surface area contributed by atoms with Gasteiger partial charge in [0.15, 0.2) is 17.4 Å². The molecule has 0 saturated carbocycles. The van der Waals surface area contributed by atoms with Gasteiger partial charge in [-0.3, -0.25) is 4.57 Å². The first-order chi connectivity index (χ1) is 20.2. The van der Waals surface area contributed by atoms with Gasteiger partial charge in [-0.25, -0.2) is 4.98 Å². The van der Waals surface area contributed by atoms with Crippen molar-refractivity contribution in [3.63, 3.8) is 0 Å². The molecule has 8 nitrogen and oxygen atoms in total. The lowest BCUT2D eigenvalue weighted by atomic mass is 10.1. The highest BCUT2D eigenvalue weighted by Crippen LogP contribution is 2.37. The number of hydrogen-bond acceptors (Lipinski definition) is 7. The first kappa shape index (κ1) is 27.1. The zero-order valence-electron chi connectivity index (χ0n) is 22.1. The fraction of sp³-hybridized carbons (Fsp3) is 0.258. The number of hydrogen-bond donors (Lipinski definition) is 0. The third kappa shape index (κ3) is 6.31. The molecule has 41 heavy (non-hydrogen) atoms. The second-order valence-corrected chi connectivity index (χ2v) is 9.70. The van der Waals surface area contributed by atoms with E-state index >= 15 is 0 Å². The molecule has 0 spiro atoms. The van der Waals surface area contributed by atoms with Gasteiger partial charge in [0.25, 0.3) is 0 Å². The average Bonchev–Trinajstić information content (AvgIpc) is 3.57. The van der Waals surface area contributed by atoms with Crippen LogP contribution in [0.5, 0.6) is 0 Å². The van der Waals surface area contributed by atoms with E-state index in [0.717, 1.165) is 16.7 Å². The third-order valence-electron chi connectivity index (χ3n) is 6.88. The Kier molecular flexibility index (Phi) is 8.33. The summed E-state index contributed by atoms with van der Waals surface area (Å²) < 4.78 is 55.4. The molecule has 2 aromatic heterocycles. The van der Waals surface area contributed by atoms with Crippen LogP contribution in [0.15, 0.2) is 97.3 Å². The summed E-state index contributed by atoms with van der Waals surface area (Å²) in [6.45, 7) is 1.14. The van der Waals surface area contributed by atoms with Gasteiger partial charge in [0.2, 0.25) is 5.95 Å². The van der Waals surface area contributed by atoms with Crippen molar-refractivity contribution < 1.29 is 27.7 Å². The van der Waals surface area contributed by atoms with Crippen LogP contribution in [0.4, 0.5) is 8.78 Å². The van der Waals surface area contributed by atoms with E-state index in [1.165, 1.54) is 10.9 Å². The Morgan fingerprint density at radius 2 is 1.27 bits per heavy atom. The lowest BCUT2D eigenvalue weighted by Gasteiger charge is -2.25. The molecule has 210 valence electrons. The first-order valence-electron chi connectivity index (χ1n) is 13.3. The molecule has 0 radical (unpaired) electrons. The van der Waals surface area contributed by atoms with Crippen molar-refractivity contribution in [3.8, 4) is 0 Å². The average molecular weight is 559 g/mol. The second kappa shape index (κ2) is 12.6. The van der Waals surface area contributed by atoms with E-state index in [9.17, 15) is 8.78 Å². The van der Waals surface area contributed by atoms with Crippen LogP contribution in [0.3, 0.4) is 0 Å². The molecule has 10 heteroatoms. The van der Waals surface area contributed by atoms with Crippen molar-refractivity contribution in [2.45, 2.75) is 44.4 Å². The molecule has 0 aliphatic carbocycles. The predicted molar refractivity (Wildman–Crippen MR) is 145 cm³/mol. The molecule has 1 aliphatic heterocycles. The highest BCUT2D eigenvalue weighted by Gasteiger charge is 2.48. The number of ether oxygens (including phenoxy) is 4. The van der Waals surface area contributed by atoms with Gasteiger partial charge < -0.3 is 18.9 Å². The zero-order chi connectivity index (χ0) is 28.0. The second-order valence-electron chi connectivity index (χ2n) is 9.70. The van der Waals surface area contributed by atoms with E-state index in [-0.39, 0.29) is 24.4 Å². The Bertz CT molecular complexity index is 1560. The maximum atomic E-state index is 14.4. The predicted octanol–water partition coefficient (Wildman–Crippen LogP) is 5.39. The summed E-state index contributed by atoms with van der Waals surface area (Å²) in [6, 6.07) is 29.3. The number of aromatic nitrogens is 4. The maximum absolute atomic E-state index is 14.4. The van der Waals surface area contributed by atoms with Crippen molar-refractivity contribution in [1.82, 2.24) is 19.5 Å². The summed E-state index contributed by atoms with van der Waals surface area (Å²) in [5.74, 6) is -1.05. The van der Waals surface area contributed by atoms with E-state index in [0.29, 0.717) is 13.2 Å². The highest BCUT2D eigenvalue weighted by atomic mass is 19.1. The maximum Gasteiger partial charge on any atom is 0.313 e. The Hall–Kier alpha value is -4.09. The number of imidazole rings is 1. The summed E-state index contributed by atoms with van der Waals surface area (Å²) in [7, 11) is 0. The minimum Gasteiger partial charge on any atom is -0.374 e. The lowest BCUT2D eigenvalue weighted by molar-refractivity contribution is -0.0913. The molecular weight excluding hydrogens is 530 g/mol. The number of halogens is 2. The Morgan fingerprint density at radius 1 is 0.707 bits per heavy atom. The molecule has 1 aliphatic rings. The summed E-state index contributed by atoms with van der Waals surface area (Å²) >= 11 is 0. The SMILES string of the molecule is Fc1nc(F)c2ncn([C@@H]3O[C@H](COCc4ccccc4)[C@@H](OCc4ccccc4)[C@@H]3OCc3ccccc3)c2n1. The molecule has 3 heterocycles. The van der Waals surface area contributed by atoms with Gasteiger partial charge in [-0.1, -0.05) is 91.0 Å². The van der Waals surface area contributed by atoms with Crippen molar-refractivity contribution in [2.75, 3.05) is 6.61 Å². The Labute approximate surface area is 235 Å². The zero-order valence-corrected chi connectivity index (χ0v) is 22.1. The molecule has 4 atom stereocenters. The normalized spacial score (nSPS) is 20.5. The summed E-state index contributed by atoms with van der Waals surface area (Å²) in [6.07, 6.45) is -2.55. The molecule has 0 bridgehead atoms. The van der Waals surface area contributed by atoms with Gasteiger partial charge in [0.05, 0.1) is 32.8 Å². The number of rotatable bonds is 11. The third-order valence-corrected chi connectivity index (χ3v) is 6.88. The van der Waals surface area contributed by atoms with Gasteiger partial charge >= 0.3 is 6.08 Å². The summed E-state index contributed by atoms with van der Waals surface area (Å²) in [4.78, 5) is 11.1.